The van der Waals surface area contributed by atoms with Crippen molar-refractivity contribution < 1.29 is 9.53 Å². The van der Waals surface area contributed by atoms with Gasteiger partial charge in [-0.05, 0) is 29.8 Å². The van der Waals surface area contributed by atoms with Crippen LogP contribution in [0.15, 0.2) is 42.6 Å². The number of halogens is 1. The number of benzene rings is 1. The van der Waals surface area contributed by atoms with Crippen molar-refractivity contribution in [3.63, 3.8) is 0 Å². The van der Waals surface area contributed by atoms with Crippen LogP contribution in [0.1, 0.15) is 16.1 Å². The van der Waals surface area contributed by atoms with Crippen molar-refractivity contribution in [2.24, 2.45) is 0 Å². The predicted octanol–water partition coefficient (Wildman–Crippen LogP) is 2.67. The van der Waals surface area contributed by atoms with Crippen LogP contribution in [0.2, 0.25) is 5.02 Å². The number of nitrogens with one attached hydrogen (secondary N) is 1. The van der Waals surface area contributed by atoms with Gasteiger partial charge >= 0.3 is 0 Å². The second-order valence-electron chi connectivity index (χ2n) is 3.89. The number of hydrogen-bond acceptors (Lipinski definition) is 3. The Morgan fingerprint density at radius 1 is 1.32 bits per heavy atom. The number of rotatable bonds is 4. The lowest BCUT2D eigenvalue weighted by molar-refractivity contribution is 0.0946. The zero-order valence-corrected chi connectivity index (χ0v) is 11.1. The van der Waals surface area contributed by atoms with Crippen LogP contribution in [0.4, 0.5) is 0 Å². The summed E-state index contributed by atoms with van der Waals surface area (Å²) in [5.74, 6) is 0.532. The number of aromatic nitrogens is 1. The first-order valence-corrected chi connectivity index (χ1v) is 6.09. The van der Waals surface area contributed by atoms with Gasteiger partial charge in [0.2, 0.25) is 0 Å². The maximum Gasteiger partial charge on any atom is 0.270 e. The van der Waals surface area contributed by atoms with E-state index in [1.807, 2.05) is 24.3 Å². The number of nitrogens with zero attached hydrogens (tertiary/aromatic N) is 1. The lowest BCUT2D eigenvalue weighted by atomic mass is 10.2. The highest BCUT2D eigenvalue weighted by molar-refractivity contribution is 6.30. The average Bonchev–Trinajstić information content (AvgIpc) is 2.45. The van der Waals surface area contributed by atoms with Crippen LogP contribution in [0, 0.1) is 0 Å². The molecule has 1 N–H and O–H groups in total. The number of hydrogen-bond donors (Lipinski definition) is 1. The summed E-state index contributed by atoms with van der Waals surface area (Å²) in [7, 11) is 1.61. The molecule has 0 aliphatic carbocycles. The maximum absolute atomic E-state index is 11.8. The fraction of sp³-hybridized carbons (Fsp3) is 0.143. The van der Waals surface area contributed by atoms with Crippen molar-refractivity contribution in [1.29, 1.82) is 0 Å². The van der Waals surface area contributed by atoms with Crippen molar-refractivity contribution >= 4 is 17.5 Å². The maximum atomic E-state index is 11.8. The van der Waals surface area contributed by atoms with Crippen molar-refractivity contribution in [3.8, 4) is 5.75 Å². The molecule has 5 heteroatoms. The van der Waals surface area contributed by atoms with Crippen LogP contribution in [0.5, 0.6) is 5.75 Å². The molecule has 98 valence electrons. The fourth-order valence-electron chi connectivity index (χ4n) is 1.55. The molecule has 0 fully saturated rings. The Bertz CT molecular complexity index is 570. The van der Waals surface area contributed by atoms with E-state index < -0.39 is 0 Å². The molecule has 0 saturated heterocycles. The molecule has 2 aromatic rings. The highest BCUT2D eigenvalue weighted by Crippen LogP contribution is 2.11. The van der Waals surface area contributed by atoms with E-state index in [0.717, 1.165) is 11.3 Å². The molecule has 4 nitrogen and oxygen atoms in total. The minimum Gasteiger partial charge on any atom is -0.497 e. The second kappa shape index (κ2) is 6.20. The van der Waals surface area contributed by atoms with E-state index in [1.54, 1.807) is 13.2 Å². The van der Waals surface area contributed by atoms with E-state index in [-0.39, 0.29) is 5.91 Å². The third kappa shape index (κ3) is 3.69. The Morgan fingerprint density at radius 3 is 2.68 bits per heavy atom. The van der Waals surface area contributed by atoms with Gasteiger partial charge in [-0.3, -0.25) is 9.78 Å². The second-order valence-corrected chi connectivity index (χ2v) is 4.33. The molecule has 1 heterocycles. The Balaban J connectivity index is 1.96. The molecule has 0 aliphatic heterocycles. The van der Waals surface area contributed by atoms with Crippen LogP contribution in [0.25, 0.3) is 0 Å². The van der Waals surface area contributed by atoms with Gasteiger partial charge in [-0.15, -0.1) is 0 Å². The molecular formula is C14H13ClN2O2. The summed E-state index contributed by atoms with van der Waals surface area (Å²) in [6, 6.07) is 10.6. The van der Waals surface area contributed by atoms with E-state index >= 15 is 0 Å². The standard InChI is InChI=1S/C14H13ClN2O2/c1-19-12-4-2-10(3-5-12)9-17-14(18)13-8-11(15)6-7-16-13/h2-8H,9H2,1H3,(H,17,18). The molecular weight excluding hydrogens is 264 g/mol. The van der Waals surface area contributed by atoms with Gasteiger partial charge < -0.3 is 10.1 Å². The summed E-state index contributed by atoms with van der Waals surface area (Å²) < 4.78 is 5.07. The van der Waals surface area contributed by atoms with Crippen molar-refractivity contribution in [2.45, 2.75) is 6.54 Å². The molecule has 1 aromatic carbocycles. The molecule has 0 unspecified atom stereocenters. The fourth-order valence-corrected chi connectivity index (χ4v) is 1.70. The smallest absolute Gasteiger partial charge is 0.270 e. The monoisotopic (exact) mass is 276 g/mol. The summed E-state index contributed by atoms with van der Waals surface area (Å²) in [6.45, 7) is 0.428. The molecule has 0 radical (unpaired) electrons. The highest BCUT2D eigenvalue weighted by Gasteiger charge is 2.07. The summed E-state index contributed by atoms with van der Waals surface area (Å²) in [6.07, 6.45) is 1.50. The Hall–Kier alpha value is -2.07. The quantitative estimate of drug-likeness (QED) is 0.934. The predicted molar refractivity (Wildman–Crippen MR) is 73.4 cm³/mol. The van der Waals surface area contributed by atoms with Crippen molar-refractivity contribution in [1.82, 2.24) is 10.3 Å². The normalized spacial score (nSPS) is 10.0. The molecule has 2 rings (SSSR count). The lowest BCUT2D eigenvalue weighted by Crippen LogP contribution is -2.23. The molecule has 1 aromatic heterocycles. The summed E-state index contributed by atoms with van der Waals surface area (Å²) in [4.78, 5) is 15.8. The zero-order chi connectivity index (χ0) is 13.7. The summed E-state index contributed by atoms with van der Waals surface area (Å²) in [5.41, 5.74) is 1.29. The number of amides is 1. The average molecular weight is 277 g/mol. The number of pyridine rings is 1. The van der Waals surface area contributed by atoms with Crippen LogP contribution in [-0.2, 0) is 6.54 Å². The molecule has 0 saturated carbocycles. The first-order valence-electron chi connectivity index (χ1n) is 5.72. The van der Waals surface area contributed by atoms with E-state index in [2.05, 4.69) is 10.3 Å². The van der Waals surface area contributed by atoms with Crippen LogP contribution >= 0.6 is 11.6 Å². The Morgan fingerprint density at radius 2 is 2.05 bits per heavy atom. The first kappa shape index (κ1) is 13.4. The number of carbonyl (C=O) groups excluding carboxylic acids is 1. The SMILES string of the molecule is COc1ccc(CNC(=O)c2cc(Cl)ccn2)cc1. The van der Waals surface area contributed by atoms with E-state index in [0.29, 0.717) is 17.3 Å². The van der Waals surface area contributed by atoms with Gasteiger partial charge in [0.15, 0.2) is 0 Å². The van der Waals surface area contributed by atoms with Gasteiger partial charge in [0, 0.05) is 17.8 Å². The largest absolute Gasteiger partial charge is 0.497 e. The summed E-state index contributed by atoms with van der Waals surface area (Å²) >= 11 is 5.81. The molecule has 0 spiro atoms. The van der Waals surface area contributed by atoms with Crippen molar-refractivity contribution in [3.05, 3.63) is 58.9 Å². The Labute approximate surface area is 116 Å². The van der Waals surface area contributed by atoms with Crippen LogP contribution in [-0.4, -0.2) is 18.0 Å². The van der Waals surface area contributed by atoms with Gasteiger partial charge in [0.05, 0.1) is 7.11 Å². The van der Waals surface area contributed by atoms with E-state index in [4.69, 9.17) is 16.3 Å². The highest BCUT2D eigenvalue weighted by atomic mass is 35.5. The molecule has 0 atom stereocenters. The van der Waals surface area contributed by atoms with Gasteiger partial charge in [-0.25, -0.2) is 0 Å². The third-order valence-electron chi connectivity index (χ3n) is 2.57. The summed E-state index contributed by atoms with van der Waals surface area (Å²) in [5, 5.41) is 3.27. The van der Waals surface area contributed by atoms with E-state index in [9.17, 15) is 4.79 Å². The minimum absolute atomic E-state index is 0.252. The van der Waals surface area contributed by atoms with Gasteiger partial charge in [-0.1, -0.05) is 23.7 Å². The number of carbonyl (C=O) groups is 1. The zero-order valence-electron chi connectivity index (χ0n) is 10.4. The van der Waals surface area contributed by atoms with E-state index in [1.165, 1.54) is 12.3 Å². The molecule has 0 aliphatic rings. The van der Waals surface area contributed by atoms with Gasteiger partial charge in [-0.2, -0.15) is 0 Å². The minimum atomic E-state index is -0.252. The topological polar surface area (TPSA) is 51.2 Å². The number of ether oxygens (including phenoxy) is 1. The first-order chi connectivity index (χ1) is 9.19. The lowest BCUT2D eigenvalue weighted by Gasteiger charge is -2.06. The third-order valence-corrected chi connectivity index (χ3v) is 2.80. The van der Waals surface area contributed by atoms with Gasteiger partial charge in [0.1, 0.15) is 11.4 Å². The molecule has 19 heavy (non-hydrogen) atoms. The number of methoxy groups -OCH3 is 1. The van der Waals surface area contributed by atoms with Crippen LogP contribution in [0.3, 0.4) is 0 Å². The Kier molecular flexibility index (Phi) is 4.36. The van der Waals surface area contributed by atoms with Crippen molar-refractivity contribution in [2.75, 3.05) is 7.11 Å². The molecule has 0 bridgehead atoms. The van der Waals surface area contributed by atoms with Crippen LogP contribution < -0.4 is 10.1 Å². The van der Waals surface area contributed by atoms with Gasteiger partial charge in [0.25, 0.3) is 5.91 Å². The molecule has 1 amide bonds.